The maximum Gasteiger partial charge on any atom is 0.214 e. The van der Waals surface area contributed by atoms with Crippen LogP contribution in [0.5, 0.6) is 0 Å². The standard InChI is InChI=1S/C23H15NOS/c25-24-21-14-20(15-8-2-1-3-9-15)26-23(21)18-12-6-4-10-16(18)22(24)17-11-5-7-13-19(17)23/h1-14,22H. The largest absolute Gasteiger partial charge is 0.623 e. The summed E-state index contributed by atoms with van der Waals surface area (Å²) in [6.45, 7) is 0. The summed E-state index contributed by atoms with van der Waals surface area (Å²) in [7, 11) is 0. The van der Waals surface area contributed by atoms with Gasteiger partial charge in [-0.1, -0.05) is 90.6 Å². The van der Waals surface area contributed by atoms with Crippen LogP contribution in [0.25, 0.3) is 4.91 Å². The van der Waals surface area contributed by atoms with Gasteiger partial charge in [-0.15, -0.1) is 0 Å². The van der Waals surface area contributed by atoms with Crippen LogP contribution in [0.1, 0.15) is 33.9 Å². The predicted octanol–water partition coefficient (Wildman–Crippen LogP) is 5.09. The summed E-state index contributed by atoms with van der Waals surface area (Å²) in [5.41, 5.74) is 6.83. The molecule has 3 aromatic rings. The highest BCUT2D eigenvalue weighted by atomic mass is 32.2. The Hall–Kier alpha value is -2.78. The molecule has 0 radical (unpaired) electrons. The Kier molecular flexibility index (Phi) is 2.71. The lowest BCUT2D eigenvalue weighted by Crippen LogP contribution is -2.47. The lowest BCUT2D eigenvalue weighted by Gasteiger charge is -2.44. The van der Waals surface area contributed by atoms with Gasteiger partial charge in [-0.25, -0.2) is 0 Å². The van der Waals surface area contributed by atoms with E-state index in [-0.39, 0.29) is 6.04 Å². The molecule has 3 heteroatoms. The number of rotatable bonds is 1. The number of hydrogen-bond acceptors (Lipinski definition) is 2. The van der Waals surface area contributed by atoms with Crippen LogP contribution < -0.4 is 0 Å². The Morgan fingerprint density at radius 2 is 1.35 bits per heavy atom. The molecule has 4 aliphatic rings. The third kappa shape index (κ3) is 1.57. The minimum absolute atomic E-state index is 0.244. The number of thioether (sulfide) groups is 1. The molecule has 0 unspecified atom stereocenters. The molecule has 1 aliphatic carbocycles. The van der Waals surface area contributed by atoms with Crippen molar-refractivity contribution in [3.8, 4) is 0 Å². The molecule has 0 N–H and O–H groups in total. The van der Waals surface area contributed by atoms with Crippen LogP contribution in [0.3, 0.4) is 0 Å². The average Bonchev–Trinajstić information content (AvgIpc) is 3.12. The van der Waals surface area contributed by atoms with Crippen molar-refractivity contribution in [2.45, 2.75) is 10.8 Å². The molecule has 0 saturated heterocycles. The first kappa shape index (κ1) is 14.4. The van der Waals surface area contributed by atoms with Gasteiger partial charge in [0.2, 0.25) is 11.8 Å². The van der Waals surface area contributed by atoms with E-state index in [1.807, 2.05) is 18.2 Å². The van der Waals surface area contributed by atoms with Crippen molar-refractivity contribution in [1.29, 1.82) is 0 Å². The highest BCUT2D eigenvalue weighted by molar-refractivity contribution is 8.10. The van der Waals surface area contributed by atoms with Gasteiger partial charge >= 0.3 is 0 Å². The molecule has 7 rings (SSSR count). The van der Waals surface area contributed by atoms with Crippen molar-refractivity contribution in [2.24, 2.45) is 0 Å². The van der Waals surface area contributed by atoms with Crippen LogP contribution >= 0.6 is 11.8 Å². The molecular formula is C23H15NOS. The molecule has 0 saturated carbocycles. The lowest BCUT2D eigenvalue weighted by molar-refractivity contribution is -0.502. The fourth-order valence-electron chi connectivity index (χ4n) is 4.64. The minimum atomic E-state index is -0.436. The van der Waals surface area contributed by atoms with E-state index in [1.54, 1.807) is 11.8 Å². The zero-order valence-electron chi connectivity index (χ0n) is 13.9. The normalized spacial score (nSPS) is 24.8. The predicted molar refractivity (Wildman–Crippen MR) is 106 cm³/mol. The molecular weight excluding hydrogens is 338 g/mol. The van der Waals surface area contributed by atoms with Gasteiger partial charge in [0.05, 0.1) is 0 Å². The monoisotopic (exact) mass is 353 g/mol. The van der Waals surface area contributed by atoms with Crippen LogP contribution in [0, 0.1) is 5.21 Å². The van der Waals surface area contributed by atoms with Gasteiger partial charge < -0.3 is 5.21 Å². The van der Waals surface area contributed by atoms with E-state index in [2.05, 4.69) is 66.7 Å². The third-order valence-corrected chi connectivity index (χ3v) is 7.22. The summed E-state index contributed by atoms with van der Waals surface area (Å²) in [5.74, 6) is 0. The Bertz CT molecular complexity index is 1080. The number of nitrogens with zero attached hydrogens (tertiary/aromatic N) is 1. The maximum atomic E-state index is 13.4. The molecule has 3 aromatic carbocycles. The molecule has 2 nitrogen and oxygen atoms in total. The second-order valence-electron chi connectivity index (χ2n) is 6.95. The van der Waals surface area contributed by atoms with Gasteiger partial charge in [0.25, 0.3) is 0 Å². The highest BCUT2D eigenvalue weighted by Crippen LogP contribution is 2.63. The van der Waals surface area contributed by atoms with E-state index in [9.17, 15) is 5.21 Å². The SMILES string of the molecule is [O-][N+]1=C2C=C(c3ccccc3)SC23c2ccccc2C1c1ccccc13. The molecule has 0 aromatic heterocycles. The fourth-order valence-corrected chi connectivity index (χ4v) is 6.24. The summed E-state index contributed by atoms with van der Waals surface area (Å²) >= 11 is 1.80. The van der Waals surface area contributed by atoms with Crippen molar-refractivity contribution in [1.82, 2.24) is 0 Å². The summed E-state index contributed by atoms with van der Waals surface area (Å²) < 4.78 is 0.808. The fraction of sp³-hybridized carbons (Fsp3) is 0.0870. The van der Waals surface area contributed by atoms with Gasteiger partial charge in [0, 0.05) is 22.1 Å². The zero-order chi connectivity index (χ0) is 17.3. The van der Waals surface area contributed by atoms with E-state index in [1.165, 1.54) is 21.4 Å². The van der Waals surface area contributed by atoms with E-state index < -0.39 is 4.75 Å². The van der Waals surface area contributed by atoms with Crippen molar-refractivity contribution in [3.63, 3.8) is 0 Å². The zero-order valence-corrected chi connectivity index (χ0v) is 14.7. The first-order chi connectivity index (χ1) is 12.8. The van der Waals surface area contributed by atoms with Crippen molar-refractivity contribution in [2.75, 3.05) is 0 Å². The molecule has 124 valence electrons. The number of benzene rings is 3. The summed E-state index contributed by atoms with van der Waals surface area (Å²) in [6, 6.07) is 27.0. The van der Waals surface area contributed by atoms with Gasteiger partial charge in [-0.05, 0) is 16.7 Å². The molecule has 0 amide bonds. The Morgan fingerprint density at radius 1 is 0.769 bits per heavy atom. The Morgan fingerprint density at radius 3 is 2.00 bits per heavy atom. The highest BCUT2D eigenvalue weighted by Gasteiger charge is 2.60. The van der Waals surface area contributed by atoms with Crippen molar-refractivity contribution >= 4 is 22.4 Å². The molecule has 2 bridgehead atoms. The molecule has 0 fully saturated rings. The lowest BCUT2D eigenvalue weighted by atomic mass is 9.70. The van der Waals surface area contributed by atoms with Gasteiger partial charge in [-0.2, -0.15) is 4.74 Å². The number of hydroxylamine groups is 1. The van der Waals surface area contributed by atoms with Crippen LogP contribution in [-0.4, -0.2) is 10.5 Å². The van der Waals surface area contributed by atoms with Gasteiger partial charge in [0.15, 0.2) is 4.75 Å². The third-order valence-electron chi connectivity index (χ3n) is 5.69. The first-order valence-corrected chi connectivity index (χ1v) is 9.61. The van der Waals surface area contributed by atoms with Crippen molar-refractivity contribution < 1.29 is 4.74 Å². The van der Waals surface area contributed by atoms with E-state index >= 15 is 0 Å². The Labute approximate surface area is 156 Å². The second-order valence-corrected chi connectivity index (χ2v) is 8.20. The van der Waals surface area contributed by atoms with Crippen LogP contribution in [0.4, 0.5) is 0 Å². The van der Waals surface area contributed by atoms with Crippen molar-refractivity contribution in [3.05, 3.63) is 118 Å². The summed E-state index contributed by atoms with van der Waals surface area (Å²) in [4.78, 5) is 1.16. The topological polar surface area (TPSA) is 26.1 Å². The molecule has 3 heterocycles. The van der Waals surface area contributed by atoms with Gasteiger partial charge in [0.1, 0.15) is 0 Å². The summed E-state index contributed by atoms with van der Waals surface area (Å²) in [6.07, 6.45) is 2.10. The van der Waals surface area contributed by atoms with Crippen LogP contribution in [-0.2, 0) is 4.75 Å². The Balaban J connectivity index is 1.68. The van der Waals surface area contributed by atoms with E-state index in [4.69, 9.17) is 0 Å². The molecule has 26 heavy (non-hydrogen) atoms. The first-order valence-electron chi connectivity index (χ1n) is 8.79. The number of hydrogen-bond donors (Lipinski definition) is 0. The molecule has 3 aliphatic heterocycles. The van der Waals surface area contributed by atoms with Gasteiger partial charge in [-0.3, -0.25) is 0 Å². The molecule has 0 atom stereocenters. The maximum absolute atomic E-state index is 13.4. The van der Waals surface area contributed by atoms with Crippen LogP contribution in [0.15, 0.2) is 84.9 Å². The molecule has 1 spiro atoms. The average molecular weight is 353 g/mol. The summed E-state index contributed by atoms with van der Waals surface area (Å²) in [5, 5.41) is 13.4. The smallest absolute Gasteiger partial charge is 0.214 e. The second kappa shape index (κ2) is 4.89. The quantitative estimate of drug-likeness (QED) is 0.450. The van der Waals surface area contributed by atoms with E-state index in [0.717, 1.165) is 21.7 Å². The number of allylic oxidation sites excluding steroid dienone is 1. The van der Waals surface area contributed by atoms with Crippen LogP contribution in [0.2, 0.25) is 0 Å². The van der Waals surface area contributed by atoms with E-state index in [0.29, 0.717) is 0 Å². The minimum Gasteiger partial charge on any atom is -0.623 e.